The van der Waals surface area contributed by atoms with E-state index in [-0.39, 0.29) is 20.5 Å². The Bertz CT molecular complexity index is 466. The first kappa shape index (κ1) is 11.2. The minimum atomic E-state index is -0.201. The Balaban J connectivity index is 2.63. The molecule has 0 aliphatic carbocycles. The molecule has 14 heavy (non-hydrogen) atoms. The maximum atomic E-state index is 11.3. The molecule has 0 bridgehead atoms. The topological polar surface area (TPSA) is 26.3 Å². The average molecular weight is 450 g/mol. The first-order valence-electron chi connectivity index (χ1n) is 3.59. The van der Waals surface area contributed by atoms with Crippen LogP contribution in [0.3, 0.4) is 0 Å². The second-order valence-electron chi connectivity index (χ2n) is 2.49. The molecule has 0 spiro atoms. The summed E-state index contributed by atoms with van der Waals surface area (Å²) in [6.45, 7) is 0. The molecule has 2 nitrogen and oxygen atoms in total. The monoisotopic (exact) mass is 450 g/mol. The summed E-state index contributed by atoms with van der Waals surface area (Å²) >= 11 is 7.56. The first-order valence-corrected chi connectivity index (χ1v) is 8.60. The Morgan fingerprint density at radius 1 is 1.36 bits per heavy atom. The third-order valence-electron chi connectivity index (χ3n) is 1.69. The molecular formula is C8H4Br2O2Se2. The molecule has 0 unspecified atom stereocenters. The van der Waals surface area contributed by atoms with E-state index < -0.39 is 0 Å². The van der Waals surface area contributed by atoms with E-state index in [9.17, 15) is 4.79 Å². The van der Waals surface area contributed by atoms with Crippen LogP contribution in [0.4, 0.5) is 0 Å². The summed E-state index contributed by atoms with van der Waals surface area (Å²) in [5.41, 5.74) is 0. The third kappa shape index (κ3) is 1.84. The van der Waals surface area contributed by atoms with Crippen molar-refractivity contribution in [2.24, 2.45) is 0 Å². The van der Waals surface area contributed by atoms with Crippen LogP contribution in [0.2, 0.25) is 0 Å². The molecule has 0 radical (unpaired) electrons. The molecule has 0 aromatic carbocycles. The Labute approximate surface area is 109 Å². The van der Waals surface area contributed by atoms with E-state index in [1.165, 1.54) is 23.4 Å². The van der Waals surface area contributed by atoms with Gasteiger partial charge < -0.3 is 0 Å². The fourth-order valence-corrected chi connectivity index (χ4v) is 9.60. The molecule has 0 fully saturated rings. The van der Waals surface area contributed by atoms with Crippen LogP contribution in [0.1, 0.15) is 9.23 Å². The quantitative estimate of drug-likeness (QED) is 0.493. The number of esters is 1. The van der Waals surface area contributed by atoms with Gasteiger partial charge in [-0.1, -0.05) is 0 Å². The van der Waals surface area contributed by atoms with Crippen LogP contribution in [0, 0.1) is 0 Å². The van der Waals surface area contributed by atoms with Gasteiger partial charge in [0.05, 0.1) is 0 Å². The van der Waals surface area contributed by atoms with Gasteiger partial charge in [0.1, 0.15) is 0 Å². The third-order valence-corrected chi connectivity index (χ3v) is 9.46. The van der Waals surface area contributed by atoms with Gasteiger partial charge in [0, 0.05) is 0 Å². The SMILES string of the molecule is COC(=O)c1cc2c(Br)[se]c(Br)c2[se]1. The summed E-state index contributed by atoms with van der Waals surface area (Å²) in [5, 5.41) is 1.19. The van der Waals surface area contributed by atoms with E-state index in [2.05, 4.69) is 31.9 Å². The second-order valence-corrected chi connectivity index (χ2v) is 10.8. The molecule has 0 saturated carbocycles. The molecule has 0 aliphatic heterocycles. The number of carbonyl (C=O) groups is 1. The molecule has 0 amide bonds. The van der Waals surface area contributed by atoms with Crippen molar-refractivity contribution in [3.05, 3.63) is 17.2 Å². The van der Waals surface area contributed by atoms with E-state index in [0.717, 1.165) is 4.44 Å². The fourth-order valence-electron chi connectivity index (χ4n) is 1.06. The van der Waals surface area contributed by atoms with Crippen molar-refractivity contribution in [2.45, 2.75) is 0 Å². The molecule has 74 valence electrons. The molecule has 0 aliphatic rings. The molecule has 2 heterocycles. The molecule has 2 aromatic heterocycles. The summed E-state index contributed by atoms with van der Waals surface area (Å²) in [5.74, 6) is -0.201. The summed E-state index contributed by atoms with van der Waals surface area (Å²) < 4.78 is 9.27. The van der Waals surface area contributed by atoms with Crippen molar-refractivity contribution in [3.8, 4) is 0 Å². The van der Waals surface area contributed by atoms with Gasteiger partial charge in [0.2, 0.25) is 0 Å². The van der Waals surface area contributed by atoms with Crippen LogP contribution in [0.5, 0.6) is 0 Å². The number of rotatable bonds is 1. The number of fused-ring (bicyclic) bond motifs is 1. The number of carbonyl (C=O) groups excluding carboxylic acids is 1. The van der Waals surface area contributed by atoms with Crippen molar-refractivity contribution >= 4 is 76.5 Å². The molecule has 2 aromatic rings. The summed E-state index contributed by atoms with van der Waals surface area (Å²) in [6.07, 6.45) is 0. The standard InChI is InChI=1S/C8H4Br2O2Se2/c1-12-8(11)4-2-3-5(13-4)7(10)14-6(3)9/h2H,1H3. The van der Waals surface area contributed by atoms with Crippen LogP contribution >= 0.6 is 31.9 Å². The fraction of sp³-hybridized carbons (Fsp3) is 0.125. The van der Waals surface area contributed by atoms with Crippen LogP contribution in [0.25, 0.3) is 9.65 Å². The van der Waals surface area contributed by atoms with E-state index in [1.54, 1.807) is 0 Å². The Morgan fingerprint density at radius 2 is 2.07 bits per heavy atom. The van der Waals surface area contributed by atoms with Crippen molar-refractivity contribution in [2.75, 3.05) is 7.11 Å². The normalized spacial score (nSPS) is 10.8. The number of methoxy groups -OCH3 is 1. The van der Waals surface area contributed by atoms with Gasteiger partial charge in [-0.2, -0.15) is 0 Å². The van der Waals surface area contributed by atoms with Crippen LogP contribution < -0.4 is 0 Å². The predicted octanol–water partition coefficient (Wildman–Crippen LogP) is 2.27. The van der Waals surface area contributed by atoms with Crippen molar-refractivity contribution in [3.63, 3.8) is 0 Å². The zero-order valence-electron chi connectivity index (χ0n) is 6.97. The Kier molecular flexibility index (Phi) is 3.42. The van der Waals surface area contributed by atoms with Crippen molar-refractivity contribution < 1.29 is 9.53 Å². The van der Waals surface area contributed by atoms with E-state index in [1.807, 2.05) is 6.07 Å². The molecule has 0 saturated heterocycles. The first-order chi connectivity index (χ1) is 6.63. The Morgan fingerprint density at radius 3 is 2.64 bits per heavy atom. The average Bonchev–Trinajstić information content (AvgIpc) is 2.69. The second kappa shape index (κ2) is 4.28. The van der Waals surface area contributed by atoms with Gasteiger partial charge in [0.25, 0.3) is 0 Å². The van der Waals surface area contributed by atoms with Gasteiger partial charge in [-0.05, 0) is 0 Å². The van der Waals surface area contributed by atoms with Crippen molar-refractivity contribution in [1.29, 1.82) is 0 Å². The summed E-state index contributed by atoms with van der Waals surface area (Å²) in [7, 11) is 1.42. The summed E-state index contributed by atoms with van der Waals surface area (Å²) in [4.78, 5) is 11.3. The maximum absolute atomic E-state index is 11.3. The van der Waals surface area contributed by atoms with Gasteiger partial charge in [-0.15, -0.1) is 0 Å². The number of halogens is 2. The molecule has 0 N–H and O–H groups in total. The van der Waals surface area contributed by atoms with Gasteiger partial charge in [-0.3, -0.25) is 0 Å². The summed E-state index contributed by atoms with van der Waals surface area (Å²) in [6, 6.07) is 1.95. The molecular weight excluding hydrogens is 446 g/mol. The molecule has 0 atom stereocenters. The van der Waals surface area contributed by atoms with E-state index in [0.29, 0.717) is 14.5 Å². The zero-order valence-corrected chi connectivity index (χ0v) is 13.6. The zero-order chi connectivity index (χ0) is 10.3. The van der Waals surface area contributed by atoms with Crippen LogP contribution in [0.15, 0.2) is 12.8 Å². The minimum absolute atomic E-state index is 0.110. The van der Waals surface area contributed by atoms with Gasteiger partial charge >= 0.3 is 110 Å². The molecule has 2 rings (SSSR count). The van der Waals surface area contributed by atoms with Crippen molar-refractivity contribution in [1.82, 2.24) is 0 Å². The number of hydrogen-bond donors (Lipinski definition) is 0. The van der Waals surface area contributed by atoms with Gasteiger partial charge in [-0.25, -0.2) is 0 Å². The van der Waals surface area contributed by atoms with Crippen LogP contribution in [-0.2, 0) is 4.74 Å². The Hall–Kier alpha value is 0.689. The predicted molar refractivity (Wildman–Crippen MR) is 64.6 cm³/mol. The van der Waals surface area contributed by atoms with E-state index in [4.69, 9.17) is 4.74 Å². The number of hydrogen-bond acceptors (Lipinski definition) is 2. The van der Waals surface area contributed by atoms with Crippen LogP contribution in [-0.4, -0.2) is 42.1 Å². The van der Waals surface area contributed by atoms with Gasteiger partial charge in [0.15, 0.2) is 0 Å². The van der Waals surface area contributed by atoms with E-state index >= 15 is 0 Å². The number of ether oxygens (including phenoxy) is 1. The molecule has 6 heteroatoms.